The SMILES string of the molecule is CN=C(NCCS(=O)C(C)(C)C)N(C)CCOc1ccccc1F.I. The van der Waals surface area contributed by atoms with Crippen LogP contribution in [0.25, 0.3) is 0 Å². The van der Waals surface area contributed by atoms with E-state index in [9.17, 15) is 8.60 Å². The van der Waals surface area contributed by atoms with Gasteiger partial charge in [0.15, 0.2) is 17.5 Å². The van der Waals surface area contributed by atoms with Crippen molar-refractivity contribution >= 4 is 40.7 Å². The Morgan fingerprint density at radius 2 is 2.00 bits per heavy atom. The highest BCUT2D eigenvalue weighted by molar-refractivity contribution is 14.0. The molecule has 0 saturated heterocycles. The quantitative estimate of drug-likeness (QED) is 0.367. The molecule has 1 atom stereocenters. The fourth-order valence-electron chi connectivity index (χ4n) is 1.91. The van der Waals surface area contributed by atoms with Crippen LogP contribution in [0.5, 0.6) is 5.75 Å². The average Bonchev–Trinajstić information content (AvgIpc) is 2.52. The first-order chi connectivity index (χ1) is 11.3. The molecule has 8 heteroatoms. The first kappa shape index (κ1) is 24.1. The number of para-hydroxylation sites is 1. The van der Waals surface area contributed by atoms with Gasteiger partial charge in [-0.1, -0.05) is 12.1 Å². The van der Waals surface area contributed by atoms with Crippen molar-refractivity contribution in [3.05, 3.63) is 30.1 Å². The molecular weight excluding hydrogens is 456 g/mol. The van der Waals surface area contributed by atoms with Gasteiger partial charge in [0.05, 0.1) is 6.54 Å². The Balaban J connectivity index is 0.00000576. The van der Waals surface area contributed by atoms with E-state index >= 15 is 0 Å². The molecule has 0 aromatic heterocycles. The van der Waals surface area contributed by atoms with Crippen molar-refractivity contribution in [3.63, 3.8) is 0 Å². The topological polar surface area (TPSA) is 53.9 Å². The van der Waals surface area contributed by atoms with Gasteiger partial charge in [0, 0.05) is 41.9 Å². The van der Waals surface area contributed by atoms with Crippen molar-refractivity contribution in [1.82, 2.24) is 10.2 Å². The minimum Gasteiger partial charge on any atom is -0.489 e. The molecule has 1 aromatic rings. The molecule has 0 saturated carbocycles. The van der Waals surface area contributed by atoms with Crippen molar-refractivity contribution < 1.29 is 13.3 Å². The van der Waals surface area contributed by atoms with E-state index in [0.29, 0.717) is 31.4 Å². The molecule has 0 fully saturated rings. The molecule has 0 aliphatic heterocycles. The van der Waals surface area contributed by atoms with E-state index in [1.54, 1.807) is 25.2 Å². The molecule has 0 amide bonds. The number of hydrogen-bond donors (Lipinski definition) is 1. The lowest BCUT2D eigenvalue weighted by molar-refractivity contribution is 0.270. The minimum absolute atomic E-state index is 0. The monoisotopic (exact) mass is 485 g/mol. The zero-order valence-corrected chi connectivity index (χ0v) is 18.7. The fourth-order valence-corrected chi connectivity index (χ4v) is 2.81. The molecule has 1 N–H and O–H groups in total. The normalized spacial score (nSPS) is 13.0. The third-order valence-corrected chi connectivity index (χ3v) is 5.29. The summed E-state index contributed by atoms with van der Waals surface area (Å²) in [6.45, 7) is 7.36. The van der Waals surface area contributed by atoms with Crippen molar-refractivity contribution in [2.24, 2.45) is 4.99 Å². The molecule has 0 spiro atoms. The Labute approximate surface area is 169 Å². The highest BCUT2D eigenvalue weighted by Crippen LogP contribution is 2.15. The van der Waals surface area contributed by atoms with E-state index in [1.165, 1.54) is 6.07 Å². The highest BCUT2D eigenvalue weighted by Gasteiger charge is 2.19. The standard InChI is InChI=1S/C17H28FN3O2S.HI/c1-17(2,3)24(22)13-10-20-16(19-4)21(5)11-12-23-15-9-7-6-8-14(15)18;/h6-9H,10-13H2,1-5H3,(H,19,20);1H. The number of benzene rings is 1. The third kappa shape index (κ3) is 8.84. The van der Waals surface area contributed by atoms with Gasteiger partial charge in [0.2, 0.25) is 0 Å². The van der Waals surface area contributed by atoms with Crippen LogP contribution in [0.2, 0.25) is 0 Å². The maximum Gasteiger partial charge on any atom is 0.193 e. The first-order valence-electron chi connectivity index (χ1n) is 7.93. The average molecular weight is 485 g/mol. The van der Waals surface area contributed by atoms with Crippen LogP contribution in [0.15, 0.2) is 29.3 Å². The molecule has 0 bridgehead atoms. The van der Waals surface area contributed by atoms with Crippen LogP contribution in [0.1, 0.15) is 20.8 Å². The summed E-state index contributed by atoms with van der Waals surface area (Å²) in [5.41, 5.74) is 0. The fraction of sp³-hybridized carbons (Fsp3) is 0.588. The number of ether oxygens (including phenoxy) is 1. The van der Waals surface area contributed by atoms with Crippen molar-refractivity contribution in [2.75, 3.05) is 39.5 Å². The number of guanidine groups is 1. The second-order valence-corrected chi connectivity index (χ2v) is 8.66. The van der Waals surface area contributed by atoms with Gasteiger partial charge in [-0.05, 0) is 32.9 Å². The van der Waals surface area contributed by atoms with E-state index in [4.69, 9.17) is 4.74 Å². The molecule has 1 unspecified atom stereocenters. The van der Waals surface area contributed by atoms with Crippen LogP contribution in [0.3, 0.4) is 0 Å². The second-order valence-electron chi connectivity index (χ2n) is 6.34. The van der Waals surface area contributed by atoms with Crippen LogP contribution < -0.4 is 10.1 Å². The summed E-state index contributed by atoms with van der Waals surface area (Å²) in [5.74, 6) is 1.13. The lowest BCUT2D eigenvalue weighted by atomic mass is 10.3. The molecule has 0 aliphatic carbocycles. The lowest BCUT2D eigenvalue weighted by Gasteiger charge is -2.23. The predicted octanol–water partition coefficient (Wildman–Crippen LogP) is 2.88. The smallest absolute Gasteiger partial charge is 0.193 e. The van der Waals surface area contributed by atoms with Crippen molar-refractivity contribution in [1.29, 1.82) is 0 Å². The number of hydrogen-bond acceptors (Lipinski definition) is 3. The Morgan fingerprint density at radius 1 is 1.36 bits per heavy atom. The van der Waals surface area contributed by atoms with Crippen LogP contribution in [0.4, 0.5) is 4.39 Å². The number of nitrogens with one attached hydrogen (secondary N) is 1. The molecule has 5 nitrogen and oxygen atoms in total. The molecule has 1 aromatic carbocycles. The van der Waals surface area contributed by atoms with E-state index in [-0.39, 0.29) is 40.3 Å². The minimum atomic E-state index is -0.904. The van der Waals surface area contributed by atoms with Gasteiger partial charge in [-0.3, -0.25) is 9.20 Å². The lowest BCUT2D eigenvalue weighted by Crippen LogP contribution is -2.43. The first-order valence-corrected chi connectivity index (χ1v) is 9.25. The van der Waals surface area contributed by atoms with Crippen molar-refractivity contribution in [2.45, 2.75) is 25.5 Å². The van der Waals surface area contributed by atoms with Crippen LogP contribution in [0, 0.1) is 5.82 Å². The molecular formula is C17H29FIN3O2S. The number of aliphatic imine (C=N–C) groups is 1. The van der Waals surface area contributed by atoms with E-state index in [2.05, 4.69) is 10.3 Å². The Kier molecular flexibility index (Phi) is 11.2. The summed E-state index contributed by atoms with van der Waals surface area (Å²) in [4.78, 5) is 6.08. The molecule has 0 heterocycles. The Hall–Kier alpha value is -0.900. The Morgan fingerprint density at radius 3 is 2.56 bits per heavy atom. The van der Waals surface area contributed by atoms with Gasteiger partial charge >= 0.3 is 0 Å². The largest absolute Gasteiger partial charge is 0.489 e. The summed E-state index contributed by atoms with van der Waals surface area (Å²) >= 11 is 0. The summed E-state index contributed by atoms with van der Waals surface area (Å²) < 4.78 is 30.7. The maximum atomic E-state index is 13.5. The molecule has 0 radical (unpaired) electrons. The summed E-state index contributed by atoms with van der Waals surface area (Å²) in [6.07, 6.45) is 0. The molecule has 144 valence electrons. The van der Waals surface area contributed by atoms with Gasteiger partial charge in [-0.25, -0.2) is 4.39 Å². The van der Waals surface area contributed by atoms with E-state index in [1.807, 2.05) is 32.7 Å². The third-order valence-electron chi connectivity index (χ3n) is 3.35. The second kappa shape index (κ2) is 11.7. The zero-order chi connectivity index (χ0) is 18.2. The van der Waals surface area contributed by atoms with Crippen LogP contribution in [-0.4, -0.2) is 59.4 Å². The molecule has 0 aliphatic rings. The van der Waals surface area contributed by atoms with Gasteiger partial charge in [-0.2, -0.15) is 0 Å². The van der Waals surface area contributed by atoms with Gasteiger partial charge in [-0.15, -0.1) is 24.0 Å². The van der Waals surface area contributed by atoms with Crippen molar-refractivity contribution in [3.8, 4) is 5.75 Å². The van der Waals surface area contributed by atoms with E-state index in [0.717, 1.165) is 0 Å². The zero-order valence-electron chi connectivity index (χ0n) is 15.5. The van der Waals surface area contributed by atoms with Gasteiger partial charge in [0.1, 0.15) is 6.61 Å². The predicted molar refractivity (Wildman–Crippen MR) is 114 cm³/mol. The van der Waals surface area contributed by atoms with E-state index < -0.39 is 10.8 Å². The Bertz CT molecular complexity index is 579. The van der Waals surface area contributed by atoms with Crippen LogP contribution in [-0.2, 0) is 10.8 Å². The summed E-state index contributed by atoms with van der Waals surface area (Å²) in [5, 5.41) is 3.19. The van der Waals surface area contributed by atoms with Gasteiger partial charge in [0.25, 0.3) is 0 Å². The number of nitrogens with zero attached hydrogens (tertiary/aromatic N) is 2. The highest BCUT2D eigenvalue weighted by atomic mass is 127. The van der Waals surface area contributed by atoms with Gasteiger partial charge < -0.3 is 15.0 Å². The molecule has 1 rings (SSSR count). The molecule has 25 heavy (non-hydrogen) atoms. The summed E-state index contributed by atoms with van der Waals surface area (Å²) in [6, 6.07) is 6.33. The number of rotatable bonds is 7. The summed E-state index contributed by atoms with van der Waals surface area (Å²) in [7, 11) is 2.66. The number of halogens is 2. The van der Waals surface area contributed by atoms with Crippen LogP contribution >= 0.6 is 24.0 Å². The maximum absolute atomic E-state index is 13.5. The number of likely N-dealkylation sites (N-methyl/N-ethyl adjacent to an activating group) is 1.